The number of anilines is 1. The Bertz CT molecular complexity index is 275. The molecule has 0 atom stereocenters. The van der Waals surface area contributed by atoms with Crippen molar-refractivity contribution in [1.29, 1.82) is 0 Å². The van der Waals surface area contributed by atoms with Crippen LogP contribution in [-0.2, 0) is 12.8 Å². The van der Waals surface area contributed by atoms with Gasteiger partial charge in [-0.15, -0.1) is 0 Å². The standard InChI is InChI=1S/C9H13NO/c1-6-9(10)7-4-2-3-5-8(7)11-6/h2-5,10H2,1H3. The molecule has 1 aliphatic carbocycles. The lowest BCUT2D eigenvalue weighted by atomic mass is 9.97. The highest BCUT2D eigenvalue weighted by atomic mass is 16.3. The Morgan fingerprint density at radius 3 is 2.73 bits per heavy atom. The van der Waals surface area contributed by atoms with Gasteiger partial charge in [-0.2, -0.15) is 0 Å². The summed E-state index contributed by atoms with van der Waals surface area (Å²) in [4.78, 5) is 0. The minimum Gasteiger partial charge on any atom is -0.464 e. The molecule has 2 heteroatoms. The van der Waals surface area contributed by atoms with Gasteiger partial charge in [-0.1, -0.05) is 0 Å². The van der Waals surface area contributed by atoms with Crippen molar-refractivity contribution in [2.45, 2.75) is 32.6 Å². The first kappa shape index (κ1) is 6.77. The van der Waals surface area contributed by atoms with Crippen LogP contribution in [0.4, 0.5) is 5.69 Å². The molecule has 0 aromatic carbocycles. The van der Waals surface area contributed by atoms with Gasteiger partial charge in [-0.3, -0.25) is 0 Å². The number of aryl methyl sites for hydroxylation is 2. The van der Waals surface area contributed by atoms with Crippen molar-refractivity contribution in [3.8, 4) is 0 Å². The van der Waals surface area contributed by atoms with E-state index in [4.69, 9.17) is 10.2 Å². The number of nitrogens with two attached hydrogens (primary N) is 1. The lowest BCUT2D eigenvalue weighted by molar-refractivity contribution is 0.458. The molecule has 0 saturated carbocycles. The zero-order chi connectivity index (χ0) is 7.84. The SMILES string of the molecule is Cc1oc2c(c1N)CCCC2. The summed E-state index contributed by atoms with van der Waals surface area (Å²) < 4.78 is 5.51. The van der Waals surface area contributed by atoms with Gasteiger partial charge in [0.05, 0.1) is 5.69 Å². The first-order chi connectivity index (χ1) is 5.29. The molecule has 0 fully saturated rings. The monoisotopic (exact) mass is 151 g/mol. The third-order valence-corrected chi connectivity index (χ3v) is 2.40. The normalized spacial score (nSPS) is 16.5. The lowest BCUT2D eigenvalue weighted by Gasteiger charge is -2.08. The molecule has 1 aromatic rings. The highest BCUT2D eigenvalue weighted by Crippen LogP contribution is 2.30. The molecule has 0 aliphatic heterocycles. The van der Waals surface area contributed by atoms with Crippen LogP contribution < -0.4 is 5.73 Å². The topological polar surface area (TPSA) is 39.2 Å². The number of furan rings is 1. The molecule has 0 spiro atoms. The molecule has 2 rings (SSSR count). The maximum atomic E-state index is 5.83. The molecule has 0 radical (unpaired) electrons. The Labute approximate surface area is 66.4 Å². The number of rotatable bonds is 0. The Hall–Kier alpha value is -0.920. The first-order valence-corrected chi connectivity index (χ1v) is 4.15. The molecule has 0 unspecified atom stereocenters. The van der Waals surface area contributed by atoms with E-state index >= 15 is 0 Å². The summed E-state index contributed by atoms with van der Waals surface area (Å²) in [7, 11) is 0. The van der Waals surface area contributed by atoms with Crippen molar-refractivity contribution < 1.29 is 4.42 Å². The largest absolute Gasteiger partial charge is 0.464 e. The first-order valence-electron chi connectivity index (χ1n) is 4.15. The van der Waals surface area contributed by atoms with Gasteiger partial charge in [-0.25, -0.2) is 0 Å². The molecular weight excluding hydrogens is 138 g/mol. The maximum Gasteiger partial charge on any atom is 0.124 e. The van der Waals surface area contributed by atoms with Gasteiger partial charge in [0.2, 0.25) is 0 Å². The fourth-order valence-electron chi connectivity index (χ4n) is 1.73. The molecular formula is C9H13NO. The Kier molecular flexibility index (Phi) is 1.41. The van der Waals surface area contributed by atoms with Crippen LogP contribution in [-0.4, -0.2) is 0 Å². The highest BCUT2D eigenvalue weighted by molar-refractivity contribution is 5.52. The van der Waals surface area contributed by atoms with Crippen molar-refractivity contribution in [3.05, 3.63) is 17.1 Å². The summed E-state index contributed by atoms with van der Waals surface area (Å²) in [6.07, 6.45) is 4.70. The van der Waals surface area contributed by atoms with Gasteiger partial charge < -0.3 is 10.2 Å². The molecule has 0 bridgehead atoms. The molecule has 11 heavy (non-hydrogen) atoms. The van der Waals surface area contributed by atoms with Crippen molar-refractivity contribution in [2.24, 2.45) is 0 Å². The number of nitrogen functional groups attached to an aromatic ring is 1. The van der Waals surface area contributed by atoms with Gasteiger partial charge in [0.25, 0.3) is 0 Å². The van der Waals surface area contributed by atoms with Crippen LogP contribution in [0.1, 0.15) is 29.9 Å². The third kappa shape index (κ3) is 0.934. The molecule has 60 valence electrons. The van der Waals surface area contributed by atoms with Gasteiger partial charge in [-0.05, 0) is 26.2 Å². The minimum absolute atomic E-state index is 0.889. The van der Waals surface area contributed by atoms with Crippen molar-refractivity contribution >= 4 is 5.69 Å². The lowest BCUT2D eigenvalue weighted by Crippen LogP contribution is -2.01. The fourth-order valence-corrected chi connectivity index (χ4v) is 1.73. The van der Waals surface area contributed by atoms with Crippen LogP contribution in [0.5, 0.6) is 0 Å². The van der Waals surface area contributed by atoms with Gasteiger partial charge in [0, 0.05) is 12.0 Å². The van der Waals surface area contributed by atoms with Gasteiger partial charge >= 0.3 is 0 Å². The Morgan fingerprint density at radius 1 is 1.27 bits per heavy atom. The second-order valence-corrected chi connectivity index (χ2v) is 3.18. The summed E-state index contributed by atoms with van der Waals surface area (Å²) in [5, 5.41) is 0. The van der Waals surface area contributed by atoms with E-state index in [2.05, 4.69) is 0 Å². The number of hydrogen-bond acceptors (Lipinski definition) is 2. The summed E-state index contributed by atoms with van der Waals surface area (Å²) >= 11 is 0. The van der Waals surface area contributed by atoms with Crippen molar-refractivity contribution in [1.82, 2.24) is 0 Å². The molecule has 1 aliphatic rings. The van der Waals surface area contributed by atoms with Crippen LogP contribution in [0, 0.1) is 6.92 Å². The smallest absolute Gasteiger partial charge is 0.124 e. The third-order valence-electron chi connectivity index (χ3n) is 2.40. The molecule has 0 saturated heterocycles. The molecule has 0 amide bonds. The van der Waals surface area contributed by atoms with Crippen molar-refractivity contribution in [2.75, 3.05) is 5.73 Å². The zero-order valence-corrected chi connectivity index (χ0v) is 6.81. The van der Waals surface area contributed by atoms with E-state index in [9.17, 15) is 0 Å². The van der Waals surface area contributed by atoms with E-state index in [1.807, 2.05) is 6.92 Å². The fraction of sp³-hybridized carbons (Fsp3) is 0.556. The molecule has 1 aromatic heterocycles. The summed E-state index contributed by atoms with van der Waals surface area (Å²) in [5.74, 6) is 2.03. The predicted molar refractivity (Wildman–Crippen MR) is 44.5 cm³/mol. The molecule has 2 nitrogen and oxygen atoms in total. The maximum absolute atomic E-state index is 5.83. The second-order valence-electron chi connectivity index (χ2n) is 3.18. The number of fused-ring (bicyclic) bond motifs is 1. The van der Waals surface area contributed by atoms with Gasteiger partial charge in [0.1, 0.15) is 11.5 Å². The average molecular weight is 151 g/mol. The van der Waals surface area contributed by atoms with Gasteiger partial charge in [0.15, 0.2) is 0 Å². The summed E-state index contributed by atoms with van der Waals surface area (Å²) in [6, 6.07) is 0. The van der Waals surface area contributed by atoms with Crippen LogP contribution in [0.25, 0.3) is 0 Å². The summed E-state index contributed by atoms with van der Waals surface area (Å²) in [6.45, 7) is 1.94. The Balaban J connectivity index is 2.50. The zero-order valence-electron chi connectivity index (χ0n) is 6.81. The molecule has 1 heterocycles. The van der Waals surface area contributed by atoms with Crippen LogP contribution in [0.2, 0.25) is 0 Å². The average Bonchev–Trinajstić information content (AvgIpc) is 2.30. The molecule has 2 N–H and O–H groups in total. The van der Waals surface area contributed by atoms with Crippen LogP contribution >= 0.6 is 0 Å². The highest BCUT2D eigenvalue weighted by Gasteiger charge is 2.17. The minimum atomic E-state index is 0.889. The Morgan fingerprint density at radius 2 is 2.00 bits per heavy atom. The van der Waals surface area contributed by atoms with Crippen LogP contribution in [0.15, 0.2) is 4.42 Å². The van der Waals surface area contributed by atoms with E-state index in [1.54, 1.807) is 0 Å². The predicted octanol–water partition coefficient (Wildman–Crippen LogP) is 2.05. The number of hydrogen-bond donors (Lipinski definition) is 1. The van der Waals surface area contributed by atoms with E-state index in [1.165, 1.54) is 18.4 Å². The quantitative estimate of drug-likeness (QED) is 0.616. The van der Waals surface area contributed by atoms with E-state index < -0.39 is 0 Å². The van der Waals surface area contributed by atoms with E-state index in [0.717, 1.165) is 30.0 Å². The van der Waals surface area contributed by atoms with Crippen molar-refractivity contribution in [3.63, 3.8) is 0 Å². The summed E-state index contributed by atoms with van der Waals surface area (Å²) in [5.41, 5.74) is 7.99. The van der Waals surface area contributed by atoms with E-state index in [0.29, 0.717) is 0 Å². The second kappa shape index (κ2) is 2.29. The van der Waals surface area contributed by atoms with E-state index in [-0.39, 0.29) is 0 Å². The van der Waals surface area contributed by atoms with Crippen LogP contribution in [0.3, 0.4) is 0 Å².